The van der Waals surface area contributed by atoms with Crippen molar-refractivity contribution in [2.75, 3.05) is 18.4 Å². The van der Waals surface area contributed by atoms with Gasteiger partial charge in [-0.1, -0.05) is 0 Å². The SMILES string of the molecule is CC(C)N1CCC(Nc2nc(Cl)ncc2Br)CC1. The Morgan fingerprint density at radius 2 is 2.11 bits per heavy atom. The summed E-state index contributed by atoms with van der Waals surface area (Å²) in [6, 6.07) is 1.09. The predicted molar refractivity (Wildman–Crippen MR) is 78.1 cm³/mol. The molecule has 0 spiro atoms. The van der Waals surface area contributed by atoms with Gasteiger partial charge in [0.15, 0.2) is 0 Å². The van der Waals surface area contributed by atoms with E-state index in [1.807, 2.05) is 0 Å². The number of piperidine rings is 1. The maximum absolute atomic E-state index is 5.81. The fourth-order valence-corrected chi connectivity index (χ4v) is 2.64. The third-order valence-corrected chi connectivity index (χ3v) is 4.08. The van der Waals surface area contributed by atoms with Gasteiger partial charge in [-0.25, -0.2) is 4.98 Å². The molecule has 1 aromatic heterocycles. The van der Waals surface area contributed by atoms with Crippen LogP contribution in [-0.2, 0) is 0 Å². The Bertz CT molecular complexity index is 405. The molecule has 1 aromatic rings. The number of rotatable bonds is 3. The lowest BCUT2D eigenvalue weighted by molar-refractivity contribution is 0.177. The average molecular weight is 334 g/mol. The van der Waals surface area contributed by atoms with E-state index in [1.165, 1.54) is 0 Å². The molecule has 100 valence electrons. The van der Waals surface area contributed by atoms with Crippen LogP contribution in [0.25, 0.3) is 0 Å². The summed E-state index contributed by atoms with van der Waals surface area (Å²) in [5, 5.41) is 3.72. The lowest BCUT2D eigenvalue weighted by Crippen LogP contribution is -2.42. The molecule has 0 atom stereocenters. The first-order valence-electron chi connectivity index (χ1n) is 6.25. The van der Waals surface area contributed by atoms with Crippen molar-refractivity contribution in [3.8, 4) is 0 Å². The Kier molecular flexibility index (Phi) is 4.81. The molecule has 1 fully saturated rings. The van der Waals surface area contributed by atoms with Crippen molar-refractivity contribution in [3.63, 3.8) is 0 Å². The summed E-state index contributed by atoms with van der Waals surface area (Å²) in [4.78, 5) is 10.6. The number of aromatic nitrogens is 2. The minimum absolute atomic E-state index is 0.278. The van der Waals surface area contributed by atoms with E-state index in [4.69, 9.17) is 11.6 Å². The molecule has 0 unspecified atom stereocenters. The Morgan fingerprint density at radius 3 is 2.72 bits per heavy atom. The Morgan fingerprint density at radius 1 is 1.44 bits per heavy atom. The van der Waals surface area contributed by atoms with E-state index < -0.39 is 0 Å². The first-order valence-corrected chi connectivity index (χ1v) is 7.42. The van der Waals surface area contributed by atoms with Gasteiger partial charge in [-0.15, -0.1) is 0 Å². The second-order valence-corrected chi connectivity index (χ2v) is 6.08. The lowest BCUT2D eigenvalue weighted by Gasteiger charge is -2.35. The fraction of sp³-hybridized carbons (Fsp3) is 0.667. The topological polar surface area (TPSA) is 41.0 Å². The van der Waals surface area contributed by atoms with Crippen LogP contribution in [0.1, 0.15) is 26.7 Å². The van der Waals surface area contributed by atoms with E-state index in [1.54, 1.807) is 6.20 Å². The number of hydrogen-bond acceptors (Lipinski definition) is 4. The summed E-state index contributed by atoms with van der Waals surface area (Å²) in [5.74, 6) is 0.790. The monoisotopic (exact) mass is 332 g/mol. The smallest absolute Gasteiger partial charge is 0.224 e. The van der Waals surface area contributed by atoms with Crippen LogP contribution >= 0.6 is 27.5 Å². The number of anilines is 1. The van der Waals surface area contributed by atoms with Crippen molar-refractivity contribution in [2.45, 2.75) is 38.8 Å². The number of nitrogens with one attached hydrogen (secondary N) is 1. The van der Waals surface area contributed by atoms with E-state index in [-0.39, 0.29) is 5.28 Å². The van der Waals surface area contributed by atoms with Crippen molar-refractivity contribution in [2.24, 2.45) is 0 Å². The second kappa shape index (κ2) is 6.17. The van der Waals surface area contributed by atoms with Gasteiger partial charge in [0.25, 0.3) is 0 Å². The molecule has 0 bridgehead atoms. The van der Waals surface area contributed by atoms with Crippen LogP contribution in [0.15, 0.2) is 10.7 Å². The molecule has 2 rings (SSSR count). The van der Waals surface area contributed by atoms with Crippen molar-refractivity contribution in [1.82, 2.24) is 14.9 Å². The van der Waals surface area contributed by atoms with Crippen LogP contribution in [-0.4, -0.2) is 40.0 Å². The van der Waals surface area contributed by atoms with Crippen molar-refractivity contribution >= 4 is 33.3 Å². The number of nitrogens with zero attached hydrogens (tertiary/aromatic N) is 3. The molecule has 6 heteroatoms. The normalized spacial score (nSPS) is 18.3. The summed E-state index contributed by atoms with van der Waals surface area (Å²) < 4.78 is 0.859. The highest BCUT2D eigenvalue weighted by Gasteiger charge is 2.21. The molecule has 4 nitrogen and oxygen atoms in total. The van der Waals surface area contributed by atoms with Crippen LogP contribution in [0, 0.1) is 0 Å². The first-order chi connectivity index (χ1) is 8.56. The lowest BCUT2D eigenvalue weighted by atomic mass is 10.0. The third-order valence-electron chi connectivity index (χ3n) is 3.32. The van der Waals surface area contributed by atoms with E-state index >= 15 is 0 Å². The van der Waals surface area contributed by atoms with Gasteiger partial charge in [-0.05, 0) is 54.2 Å². The average Bonchev–Trinajstić information content (AvgIpc) is 2.34. The summed E-state index contributed by atoms with van der Waals surface area (Å²) >= 11 is 9.24. The van der Waals surface area contributed by atoms with Gasteiger partial charge in [0.1, 0.15) is 5.82 Å². The van der Waals surface area contributed by atoms with Crippen molar-refractivity contribution in [1.29, 1.82) is 0 Å². The van der Waals surface area contributed by atoms with Crippen LogP contribution in [0.5, 0.6) is 0 Å². The molecule has 1 aliphatic rings. The quantitative estimate of drug-likeness (QED) is 0.863. The van der Waals surface area contributed by atoms with Crippen molar-refractivity contribution < 1.29 is 0 Å². The van der Waals surface area contributed by atoms with Gasteiger partial charge < -0.3 is 10.2 Å². The summed E-state index contributed by atoms with van der Waals surface area (Å²) in [6.45, 7) is 6.75. The second-order valence-electron chi connectivity index (χ2n) is 4.88. The maximum atomic E-state index is 5.81. The standard InChI is InChI=1S/C12H18BrClN4/c1-8(2)18-5-3-9(4-6-18)16-11-10(13)7-15-12(14)17-11/h7-9H,3-6H2,1-2H3,(H,15,16,17). The van der Waals surface area contributed by atoms with Crippen molar-refractivity contribution in [3.05, 3.63) is 16.0 Å². The first kappa shape index (κ1) is 14.0. The Balaban J connectivity index is 1.93. The molecular weight excluding hydrogens is 316 g/mol. The molecule has 0 aromatic carbocycles. The molecule has 1 N–H and O–H groups in total. The van der Waals surface area contributed by atoms with Crippen LogP contribution in [0.2, 0.25) is 5.28 Å². The number of halogens is 2. The van der Waals surface area contributed by atoms with E-state index in [0.29, 0.717) is 12.1 Å². The Labute approximate surface area is 121 Å². The fourth-order valence-electron chi connectivity index (χ4n) is 2.20. The summed E-state index contributed by atoms with van der Waals surface area (Å²) in [7, 11) is 0. The van der Waals surface area contributed by atoms with E-state index in [9.17, 15) is 0 Å². The zero-order chi connectivity index (χ0) is 13.1. The van der Waals surface area contributed by atoms with Crippen LogP contribution in [0.4, 0.5) is 5.82 Å². The van der Waals surface area contributed by atoms with Gasteiger partial charge in [0.2, 0.25) is 5.28 Å². The van der Waals surface area contributed by atoms with Gasteiger partial charge in [0, 0.05) is 31.4 Å². The molecular formula is C12H18BrClN4. The summed E-state index contributed by atoms with van der Waals surface area (Å²) in [5.41, 5.74) is 0. The van der Waals surface area contributed by atoms with E-state index in [0.717, 1.165) is 36.2 Å². The highest BCUT2D eigenvalue weighted by molar-refractivity contribution is 9.10. The van der Waals surface area contributed by atoms with Gasteiger partial charge >= 0.3 is 0 Å². The molecule has 1 aliphatic heterocycles. The highest BCUT2D eigenvalue weighted by atomic mass is 79.9. The number of likely N-dealkylation sites (tertiary alicyclic amines) is 1. The zero-order valence-electron chi connectivity index (χ0n) is 10.7. The molecule has 0 aliphatic carbocycles. The molecule has 2 heterocycles. The molecule has 0 amide bonds. The predicted octanol–water partition coefficient (Wildman–Crippen LogP) is 3.18. The largest absolute Gasteiger partial charge is 0.366 e. The molecule has 0 radical (unpaired) electrons. The van der Waals surface area contributed by atoms with Crippen LogP contribution < -0.4 is 5.32 Å². The Hall–Kier alpha value is -0.390. The zero-order valence-corrected chi connectivity index (χ0v) is 13.0. The maximum Gasteiger partial charge on any atom is 0.224 e. The molecule has 18 heavy (non-hydrogen) atoms. The third kappa shape index (κ3) is 3.56. The van der Waals surface area contributed by atoms with Gasteiger partial charge in [0.05, 0.1) is 4.47 Å². The highest BCUT2D eigenvalue weighted by Crippen LogP contribution is 2.23. The minimum atomic E-state index is 0.278. The van der Waals surface area contributed by atoms with Gasteiger partial charge in [-0.3, -0.25) is 0 Å². The van der Waals surface area contributed by atoms with Crippen LogP contribution in [0.3, 0.4) is 0 Å². The van der Waals surface area contributed by atoms with E-state index in [2.05, 4.69) is 50.0 Å². The minimum Gasteiger partial charge on any atom is -0.366 e. The van der Waals surface area contributed by atoms with Gasteiger partial charge in [-0.2, -0.15) is 4.98 Å². The summed E-state index contributed by atoms with van der Waals surface area (Å²) in [6.07, 6.45) is 3.94. The number of hydrogen-bond donors (Lipinski definition) is 1. The molecule has 1 saturated heterocycles. The molecule has 0 saturated carbocycles.